The Morgan fingerprint density at radius 2 is 1.50 bits per heavy atom. The summed E-state index contributed by atoms with van der Waals surface area (Å²) >= 11 is 0. The van der Waals surface area contributed by atoms with E-state index in [2.05, 4.69) is 59.4 Å². The van der Waals surface area contributed by atoms with Gasteiger partial charge in [0.1, 0.15) is 11.0 Å². The molecule has 110 valence electrons. The van der Waals surface area contributed by atoms with Crippen molar-refractivity contribution in [1.82, 2.24) is 24.9 Å². The van der Waals surface area contributed by atoms with Crippen molar-refractivity contribution in [2.45, 2.75) is 0 Å². The lowest BCUT2D eigenvalue weighted by molar-refractivity contribution is 0.358. The molecule has 1 aromatic heterocycles. The molecule has 0 unspecified atom stereocenters. The van der Waals surface area contributed by atoms with Gasteiger partial charge in [-0.15, -0.1) is 5.10 Å². The van der Waals surface area contributed by atoms with E-state index in [-0.39, 0.29) is 0 Å². The standard InChI is InChI=1S/C14H24N6/c1-17(2)9-11-19(12-10-18(3)4)20-14-8-6-5-7-13(14)15-16-20/h5-8H,9-12H2,1-4H3. The molecule has 2 aromatic rings. The summed E-state index contributed by atoms with van der Waals surface area (Å²) < 4.78 is 0. The molecule has 2 rings (SSSR count). The van der Waals surface area contributed by atoms with Crippen LogP contribution in [-0.2, 0) is 0 Å². The highest BCUT2D eigenvalue weighted by atomic mass is 15.7. The Balaban J connectivity index is 2.20. The Hall–Kier alpha value is -1.66. The first kappa shape index (κ1) is 14.7. The summed E-state index contributed by atoms with van der Waals surface area (Å²) in [5.74, 6) is 0. The van der Waals surface area contributed by atoms with Crippen molar-refractivity contribution in [3.8, 4) is 0 Å². The van der Waals surface area contributed by atoms with Gasteiger partial charge in [0, 0.05) is 26.2 Å². The van der Waals surface area contributed by atoms with Gasteiger partial charge in [-0.05, 0) is 45.5 Å². The molecule has 0 saturated carbocycles. The summed E-state index contributed by atoms with van der Waals surface area (Å²) in [5, 5.41) is 10.8. The minimum Gasteiger partial charge on any atom is -0.308 e. The van der Waals surface area contributed by atoms with Gasteiger partial charge in [0.05, 0.1) is 0 Å². The van der Waals surface area contributed by atoms with Crippen molar-refractivity contribution in [2.24, 2.45) is 0 Å². The summed E-state index contributed by atoms with van der Waals surface area (Å²) in [4.78, 5) is 6.30. The molecule has 20 heavy (non-hydrogen) atoms. The van der Waals surface area contributed by atoms with Crippen LogP contribution >= 0.6 is 0 Å². The third-order valence-electron chi connectivity index (χ3n) is 3.21. The smallest absolute Gasteiger partial charge is 0.115 e. The molecule has 0 spiro atoms. The molecule has 0 radical (unpaired) electrons. The van der Waals surface area contributed by atoms with Gasteiger partial charge < -0.3 is 9.80 Å². The SMILES string of the molecule is CN(C)CCN(CCN(C)C)n1nnc2ccccc21. The van der Waals surface area contributed by atoms with Crippen LogP contribution in [0, 0.1) is 0 Å². The highest BCUT2D eigenvalue weighted by Crippen LogP contribution is 2.10. The molecule has 1 heterocycles. The maximum Gasteiger partial charge on any atom is 0.115 e. The van der Waals surface area contributed by atoms with E-state index in [1.807, 2.05) is 23.0 Å². The second kappa shape index (κ2) is 6.67. The zero-order valence-corrected chi connectivity index (χ0v) is 12.8. The Kier molecular flexibility index (Phi) is 4.92. The van der Waals surface area contributed by atoms with Crippen LogP contribution in [0.25, 0.3) is 11.0 Å². The van der Waals surface area contributed by atoms with E-state index in [0.29, 0.717) is 0 Å². The molecule has 0 saturated heterocycles. The van der Waals surface area contributed by atoms with Gasteiger partial charge in [0.15, 0.2) is 0 Å². The van der Waals surface area contributed by atoms with Crippen LogP contribution in [0.4, 0.5) is 0 Å². The second-order valence-corrected chi connectivity index (χ2v) is 5.53. The van der Waals surface area contributed by atoms with Crippen molar-refractivity contribution in [3.63, 3.8) is 0 Å². The van der Waals surface area contributed by atoms with Gasteiger partial charge in [-0.2, -0.15) is 4.79 Å². The van der Waals surface area contributed by atoms with Gasteiger partial charge >= 0.3 is 0 Å². The monoisotopic (exact) mass is 276 g/mol. The Morgan fingerprint density at radius 3 is 2.10 bits per heavy atom. The Bertz CT molecular complexity index is 521. The molecular weight excluding hydrogens is 252 g/mol. The molecule has 0 aliphatic heterocycles. The van der Waals surface area contributed by atoms with E-state index in [4.69, 9.17) is 0 Å². The molecular formula is C14H24N6. The Morgan fingerprint density at radius 1 is 0.900 bits per heavy atom. The average molecular weight is 276 g/mol. The number of nitrogens with zero attached hydrogens (tertiary/aromatic N) is 6. The number of para-hydroxylation sites is 1. The molecule has 0 fully saturated rings. The van der Waals surface area contributed by atoms with Gasteiger partial charge in [-0.3, -0.25) is 5.01 Å². The molecule has 0 N–H and O–H groups in total. The Labute approximate surface area is 120 Å². The predicted molar refractivity (Wildman–Crippen MR) is 82.6 cm³/mol. The first-order valence-corrected chi connectivity index (χ1v) is 6.93. The van der Waals surface area contributed by atoms with Gasteiger partial charge in [-0.1, -0.05) is 12.1 Å². The fraction of sp³-hybridized carbons (Fsp3) is 0.571. The zero-order valence-electron chi connectivity index (χ0n) is 12.8. The number of hydrogen-bond acceptors (Lipinski definition) is 5. The van der Waals surface area contributed by atoms with Gasteiger partial charge in [0.2, 0.25) is 0 Å². The third kappa shape index (κ3) is 3.68. The number of rotatable bonds is 7. The van der Waals surface area contributed by atoms with Crippen LogP contribution in [0.2, 0.25) is 0 Å². The van der Waals surface area contributed by atoms with Crippen molar-refractivity contribution < 1.29 is 0 Å². The molecule has 0 bridgehead atoms. The average Bonchev–Trinajstić information content (AvgIpc) is 2.82. The topological polar surface area (TPSA) is 40.4 Å². The quantitative estimate of drug-likeness (QED) is 0.736. The van der Waals surface area contributed by atoms with E-state index in [0.717, 1.165) is 37.2 Å². The van der Waals surface area contributed by atoms with Crippen LogP contribution in [0.1, 0.15) is 0 Å². The van der Waals surface area contributed by atoms with Crippen molar-refractivity contribution in [1.29, 1.82) is 0 Å². The van der Waals surface area contributed by atoms with Crippen LogP contribution < -0.4 is 5.01 Å². The summed E-state index contributed by atoms with van der Waals surface area (Å²) in [6, 6.07) is 8.08. The maximum absolute atomic E-state index is 4.31. The van der Waals surface area contributed by atoms with Crippen LogP contribution in [0.15, 0.2) is 24.3 Å². The van der Waals surface area contributed by atoms with E-state index in [9.17, 15) is 0 Å². The summed E-state index contributed by atoms with van der Waals surface area (Å²) in [5.41, 5.74) is 2.00. The van der Waals surface area contributed by atoms with Crippen LogP contribution in [0.5, 0.6) is 0 Å². The lowest BCUT2D eigenvalue weighted by atomic mass is 10.3. The molecule has 0 atom stereocenters. The highest BCUT2D eigenvalue weighted by molar-refractivity contribution is 5.74. The summed E-state index contributed by atoms with van der Waals surface area (Å²) in [7, 11) is 8.35. The minimum atomic E-state index is 0.925. The molecule has 1 aromatic carbocycles. The molecule has 6 nitrogen and oxygen atoms in total. The lowest BCUT2D eigenvalue weighted by Gasteiger charge is -2.27. The molecule has 0 amide bonds. The number of aromatic nitrogens is 3. The van der Waals surface area contributed by atoms with E-state index in [1.54, 1.807) is 0 Å². The molecule has 6 heteroatoms. The fourth-order valence-electron chi connectivity index (χ4n) is 2.00. The lowest BCUT2D eigenvalue weighted by Crippen LogP contribution is -2.44. The summed E-state index contributed by atoms with van der Waals surface area (Å²) in [6.45, 7) is 3.83. The normalized spacial score (nSPS) is 11.7. The van der Waals surface area contributed by atoms with E-state index in [1.165, 1.54) is 0 Å². The summed E-state index contributed by atoms with van der Waals surface area (Å²) in [6.07, 6.45) is 0. The third-order valence-corrected chi connectivity index (χ3v) is 3.21. The van der Waals surface area contributed by atoms with E-state index < -0.39 is 0 Å². The minimum absolute atomic E-state index is 0.925. The second-order valence-electron chi connectivity index (χ2n) is 5.53. The predicted octanol–water partition coefficient (Wildman–Crippen LogP) is 0.493. The van der Waals surface area contributed by atoms with Gasteiger partial charge in [-0.25, -0.2) is 0 Å². The molecule has 0 aliphatic rings. The van der Waals surface area contributed by atoms with Crippen molar-refractivity contribution in [3.05, 3.63) is 24.3 Å². The number of likely N-dealkylation sites (N-methyl/N-ethyl adjacent to an activating group) is 2. The highest BCUT2D eigenvalue weighted by Gasteiger charge is 2.12. The maximum atomic E-state index is 4.31. The first-order chi connectivity index (χ1) is 9.58. The largest absolute Gasteiger partial charge is 0.308 e. The number of hydrogen-bond donors (Lipinski definition) is 0. The zero-order chi connectivity index (χ0) is 14.5. The van der Waals surface area contributed by atoms with Crippen LogP contribution in [0.3, 0.4) is 0 Å². The number of benzene rings is 1. The van der Waals surface area contributed by atoms with Crippen molar-refractivity contribution >= 4 is 11.0 Å². The fourth-order valence-corrected chi connectivity index (χ4v) is 2.00. The van der Waals surface area contributed by atoms with Gasteiger partial charge in [0.25, 0.3) is 0 Å². The van der Waals surface area contributed by atoms with E-state index >= 15 is 0 Å². The van der Waals surface area contributed by atoms with Crippen LogP contribution in [-0.4, -0.2) is 79.3 Å². The molecule has 0 aliphatic carbocycles. The van der Waals surface area contributed by atoms with Crippen molar-refractivity contribution in [2.75, 3.05) is 59.4 Å². The number of fused-ring (bicyclic) bond motifs is 1. The first-order valence-electron chi connectivity index (χ1n) is 6.93.